The van der Waals surface area contributed by atoms with Crippen molar-refractivity contribution in [1.29, 1.82) is 0 Å². The first kappa shape index (κ1) is 24.4. The molecular weight excluding hydrogens is 522 g/mol. The molecule has 6 rings (SSSR count). The number of rotatable bonds is 5. The minimum atomic E-state index is -1.04. The molecule has 4 heterocycles. The van der Waals surface area contributed by atoms with Gasteiger partial charge in [0.1, 0.15) is 12.2 Å². The molecule has 0 spiro atoms. The van der Waals surface area contributed by atoms with Gasteiger partial charge < -0.3 is 19.8 Å². The fourth-order valence-electron chi connectivity index (χ4n) is 4.95. The predicted molar refractivity (Wildman–Crippen MR) is 145 cm³/mol. The van der Waals surface area contributed by atoms with Crippen LogP contribution in [0.5, 0.6) is 6.01 Å². The fraction of sp³-hybridized carbons (Fsp3) is 0.148. The van der Waals surface area contributed by atoms with E-state index in [-0.39, 0.29) is 17.6 Å². The molecule has 0 bridgehead atoms. The van der Waals surface area contributed by atoms with E-state index in [1.54, 1.807) is 47.2 Å². The Bertz CT molecular complexity index is 1770. The number of hydrogen-bond donors (Lipinski definition) is 3. The van der Waals surface area contributed by atoms with Gasteiger partial charge in [-0.05, 0) is 60.4 Å². The molecule has 39 heavy (non-hydrogen) atoms. The zero-order chi connectivity index (χ0) is 27.3. The number of carboxylic acid groups (broad SMARTS) is 1. The number of aromatic amines is 1. The van der Waals surface area contributed by atoms with Crippen LogP contribution in [0.4, 0.5) is 10.5 Å². The van der Waals surface area contributed by atoms with Crippen LogP contribution in [0.1, 0.15) is 24.0 Å². The second kappa shape index (κ2) is 9.44. The van der Waals surface area contributed by atoms with E-state index in [1.807, 2.05) is 18.2 Å². The first-order chi connectivity index (χ1) is 18.8. The molecule has 2 aromatic carbocycles. The minimum Gasteiger partial charge on any atom is -0.478 e. The summed E-state index contributed by atoms with van der Waals surface area (Å²) in [5.41, 5.74) is 4.88. The third-order valence-electron chi connectivity index (χ3n) is 6.89. The summed E-state index contributed by atoms with van der Waals surface area (Å²) in [6.45, 7) is 0. The molecule has 0 fully saturated rings. The summed E-state index contributed by atoms with van der Waals surface area (Å²) in [5.74, 6) is 0.673. The molecule has 3 N–H and O–H groups in total. The van der Waals surface area contributed by atoms with Crippen molar-refractivity contribution in [3.63, 3.8) is 0 Å². The standard InChI is InChI=1S/C27H22ClN7O4/c1-33(27(38)39)18-5-2-15(3-6-18)21-13-29-25(31-21)23-9-7-19-10-16(11-24(36)35(19)23)20-12-17(28)4-8-22(20)34-14-30-26(37)32-34/h2-6,8,10-14,23H,7,9H2,1H3,(H,29,31)(H,32,37)(H,38,39)/t23-/m0/s1. The summed E-state index contributed by atoms with van der Waals surface area (Å²) in [6, 6.07) is 15.3. The van der Waals surface area contributed by atoms with Crippen molar-refractivity contribution in [2.45, 2.75) is 18.9 Å². The van der Waals surface area contributed by atoms with Crippen molar-refractivity contribution in [3.8, 4) is 34.1 Å². The van der Waals surface area contributed by atoms with Gasteiger partial charge >= 0.3 is 12.1 Å². The van der Waals surface area contributed by atoms with Crippen LogP contribution >= 0.6 is 11.6 Å². The molecule has 1 aliphatic heterocycles. The smallest absolute Gasteiger partial charge is 0.411 e. The number of hydrogen-bond acceptors (Lipinski definition) is 6. The van der Waals surface area contributed by atoms with Crippen LogP contribution in [0.25, 0.3) is 28.1 Å². The Morgan fingerprint density at radius 1 is 1.10 bits per heavy atom. The van der Waals surface area contributed by atoms with Gasteiger partial charge in [-0.2, -0.15) is 4.98 Å². The number of amides is 1. The topological polar surface area (TPSA) is 142 Å². The maximum absolute atomic E-state index is 13.4. The number of aryl methyl sites for hydroxylation is 1. The Kier molecular flexibility index (Phi) is 5.92. The summed E-state index contributed by atoms with van der Waals surface area (Å²) in [5, 5.41) is 23.3. The number of nitrogens with one attached hydrogen (secondary N) is 1. The Morgan fingerprint density at radius 3 is 2.62 bits per heavy atom. The van der Waals surface area contributed by atoms with Crippen molar-refractivity contribution in [3.05, 3.63) is 94.0 Å². The number of halogens is 1. The first-order valence-electron chi connectivity index (χ1n) is 12.1. The number of anilines is 1. The molecule has 0 aliphatic carbocycles. The molecule has 1 atom stereocenters. The summed E-state index contributed by atoms with van der Waals surface area (Å²) in [4.78, 5) is 37.4. The molecule has 3 aromatic heterocycles. The monoisotopic (exact) mass is 543 g/mol. The normalized spacial score (nSPS) is 14.4. The van der Waals surface area contributed by atoms with Crippen LogP contribution in [-0.4, -0.2) is 52.7 Å². The summed E-state index contributed by atoms with van der Waals surface area (Å²) >= 11 is 6.29. The Morgan fingerprint density at radius 2 is 1.90 bits per heavy atom. The summed E-state index contributed by atoms with van der Waals surface area (Å²) in [6.07, 6.45) is 3.45. The quantitative estimate of drug-likeness (QED) is 0.296. The first-order valence-corrected chi connectivity index (χ1v) is 12.4. The largest absolute Gasteiger partial charge is 0.478 e. The van der Waals surface area contributed by atoms with Crippen molar-refractivity contribution in [2.24, 2.45) is 0 Å². The average molecular weight is 544 g/mol. The van der Waals surface area contributed by atoms with Crippen LogP contribution < -0.4 is 10.5 Å². The molecule has 5 aromatic rings. The molecule has 0 unspecified atom stereocenters. The Labute approximate surface area is 226 Å². The Hall–Kier alpha value is -4.90. The lowest BCUT2D eigenvalue weighted by molar-refractivity contribution is 0.203. The third kappa shape index (κ3) is 4.42. The van der Waals surface area contributed by atoms with Gasteiger partial charge in [0.15, 0.2) is 0 Å². The molecule has 0 saturated heterocycles. The van der Waals surface area contributed by atoms with Gasteiger partial charge in [0.2, 0.25) is 0 Å². The minimum absolute atomic E-state index is 0.170. The van der Waals surface area contributed by atoms with Gasteiger partial charge in [0, 0.05) is 35.1 Å². The van der Waals surface area contributed by atoms with E-state index in [0.29, 0.717) is 46.2 Å². The number of nitrogens with zero attached hydrogens (tertiary/aromatic N) is 6. The van der Waals surface area contributed by atoms with Crippen molar-refractivity contribution in [2.75, 3.05) is 11.9 Å². The van der Waals surface area contributed by atoms with Gasteiger partial charge in [0.25, 0.3) is 5.56 Å². The predicted octanol–water partition coefficient (Wildman–Crippen LogP) is 4.49. The van der Waals surface area contributed by atoms with Gasteiger partial charge in [-0.1, -0.05) is 23.7 Å². The maximum Gasteiger partial charge on any atom is 0.411 e. The van der Waals surface area contributed by atoms with Crippen LogP contribution in [0.15, 0.2) is 71.9 Å². The van der Waals surface area contributed by atoms with E-state index in [0.717, 1.165) is 21.9 Å². The highest BCUT2D eigenvalue weighted by Gasteiger charge is 2.28. The molecule has 1 aliphatic rings. The number of aromatic nitrogens is 6. The van der Waals surface area contributed by atoms with Crippen molar-refractivity contribution < 1.29 is 15.0 Å². The van der Waals surface area contributed by atoms with E-state index in [9.17, 15) is 19.8 Å². The van der Waals surface area contributed by atoms with Crippen LogP contribution in [-0.2, 0) is 6.42 Å². The van der Waals surface area contributed by atoms with E-state index >= 15 is 0 Å². The van der Waals surface area contributed by atoms with Crippen LogP contribution in [0.2, 0.25) is 5.02 Å². The van der Waals surface area contributed by atoms with Gasteiger partial charge in [-0.15, -0.1) is 5.10 Å². The van der Waals surface area contributed by atoms with Crippen LogP contribution in [0.3, 0.4) is 0 Å². The third-order valence-corrected chi connectivity index (χ3v) is 7.13. The number of carbonyl (C=O) groups is 1. The number of H-pyrrole nitrogens is 1. The second-order valence-corrected chi connectivity index (χ2v) is 9.66. The molecule has 1 amide bonds. The van der Waals surface area contributed by atoms with Gasteiger partial charge in [-0.25, -0.2) is 14.5 Å². The number of imidazole rings is 1. The molecule has 12 heteroatoms. The number of benzene rings is 2. The highest BCUT2D eigenvalue weighted by atomic mass is 35.5. The molecular formula is C27H22ClN7O4. The summed E-state index contributed by atoms with van der Waals surface area (Å²) < 4.78 is 3.19. The highest BCUT2D eigenvalue weighted by molar-refractivity contribution is 6.31. The lowest BCUT2D eigenvalue weighted by Gasteiger charge is -2.15. The van der Waals surface area contributed by atoms with Crippen LogP contribution in [0, 0.1) is 0 Å². The zero-order valence-electron chi connectivity index (χ0n) is 20.6. The lowest BCUT2D eigenvalue weighted by Crippen LogP contribution is -2.24. The average Bonchev–Trinajstić information content (AvgIpc) is 3.68. The molecule has 11 nitrogen and oxygen atoms in total. The Balaban J connectivity index is 1.32. The maximum atomic E-state index is 13.4. The molecule has 196 valence electrons. The number of pyridine rings is 1. The number of aromatic hydroxyl groups is 1. The van der Waals surface area contributed by atoms with Crippen molar-refractivity contribution in [1.82, 2.24) is 29.3 Å². The van der Waals surface area contributed by atoms with E-state index in [4.69, 9.17) is 11.6 Å². The molecule has 0 saturated carbocycles. The fourth-order valence-corrected chi connectivity index (χ4v) is 5.12. The SMILES string of the molecule is CN(C(=O)O)c1ccc(-c2cnc([C@@H]3CCc4cc(-c5cc(Cl)ccc5-n5cnc(O)n5)cc(=O)n43)[nH]2)cc1. The van der Waals surface area contributed by atoms with E-state index in [1.165, 1.54) is 18.1 Å². The zero-order valence-corrected chi connectivity index (χ0v) is 21.4. The molecule has 0 radical (unpaired) electrons. The van der Waals surface area contributed by atoms with Gasteiger partial charge in [0.05, 0.1) is 23.6 Å². The lowest BCUT2D eigenvalue weighted by atomic mass is 10.0. The summed E-state index contributed by atoms with van der Waals surface area (Å²) in [7, 11) is 1.49. The van der Waals surface area contributed by atoms with E-state index in [2.05, 4.69) is 20.1 Å². The van der Waals surface area contributed by atoms with Gasteiger partial charge in [-0.3, -0.25) is 9.69 Å². The van der Waals surface area contributed by atoms with Crippen molar-refractivity contribution >= 4 is 23.4 Å². The second-order valence-electron chi connectivity index (χ2n) is 9.22. The van der Waals surface area contributed by atoms with E-state index < -0.39 is 6.09 Å². The highest BCUT2D eigenvalue weighted by Crippen LogP contribution is 2.34. The number of fused-ring (bicyclic) bond motifs is 1.